The lowest BCUT2D eigenvalue weighted by molar-refractivity contribution is 0.159. The van der Waals surface area contributed by atoms with Crippen LogP contribution in [0.15, 0.2) is 0 Å². The van der Waals surface area contributed by atoms with E-state index in [1.807, 2.05) is 0 Å². The third-order valence-electron chi connectivity index (χ3n) is 6.55. The molecule has 0 aromatic heterocycles. The van der Waals surface area contributed by atoms with Crippen LogP contribution in [0.3, 0.4) is 0 Å². The molecule has 3 aliphatic carbocycles. The number of hydrogen-bond donors (Lipinski definition) is 1. The Balaban J connectivity index is 1.52. The van der Waals surface area contributed by atoms with Gasteiger partial charge >= 0.3 is 0 Å². The van der Waals surface area contributed by atoms with E-state index in [-0.39, 0.29) is 0 Å². The minimum atomic E-state index is 0.808. The first-order valence-electron chi connectivity index (χ1n) is 8.87. The summed E-state index contributed by atoms with van der Waals surface area (Å²) < 4.78 is 0. The van der Waals surface area contributed by atoms with Crippen LogP contribution in [0.25, 0.3) is 0 Å². The van der Waals surface area contributed by atoms with Crippen LogP contribution in [0.4, 0.5) is 0 Å². The maximum Gasteiger partial charge on any atom is 0.0100 e. The van der Waals surface area contributed by atoms with Crippen LogP contribution in [-0.4, -0.2) is 12.6 Å². The van der Waals surface area contributed by atoms with Crippen molar-refractivity contribution >= 4 is 0 Å². The Morgan fingerprint density at radius 3 is 2.47 bits per heavy atom. The molecule has 0 saturated heterocycles. The summed E-state index contributed by atoms with van der Waals surface area (Å²) in [4.78, 5) is 0. The van der Waals surface area contributed by atoms with E-state index in [2.05, 4.69) is 26.1 Å². The molecule has 1 heteroatoms. The predicted molar refractivity (Wildman–Crippen MR) is 82.1 cm³/mol. The van der Waals surface area contributed by atoms with E-state index < -0.39 is 0 Å². The largest absolute Gasteiger partial charge is 0.313 e. The van der Waals surface area contributed by atoms with E-state index in [9.17, 15) is 0 Å². The fourth-order valence-electron chi connectivity index (χ4n) is 5.37. The molecule has 0 radical (unpaired) electrons. The van der Waals surface area contributed by atoms with Crippen molar-refractivity contribution in [3.05, 3.63) is 0 Å². The molecule has 0 heterocycles. The normalized spacial score (nSPS) is 46.1. The molecule has 6 atom stereocenters. The van der Waals surface area contributed by atoms with E-state index in [0.717, 1.165) is 41.5 Å². The van der Waals surface area contributed by atoms with Gasteiger partial charge in [-0.05, 0) is 74.2 Å². The molecule has 1 nitrogen and oxygen atoms in total. The highest BCUT2D eigenvalue weighted by molar-refractivity contribution is 4.92. The van der Waals surface area contributed by atoms with Crippen molar-refractivity contribution in [1.82, 2.24) is 5.32 Å². The van der Waals surface area contributed by atoms with Crippen molar-refractivity contribution in [3.8, 4) is 0 Å². The highest BCUT2D eigenvalue weighted by Gasteiger charge is 2.40. The number of hydrogen-bond acceptors (Lipinski definition) is 1. The summed E-state index contributed by atoms with van der Waals surface area (Å²) in [5.74, 6) is 5.91. The second-order valence-electron chi connectivity index (χ2n) is 8.28. The summed E-state index contributed by atoms with van der Waals surface area (Å²) in [5.41, 5.74) is 0. The average molecular weight is 263 g/mol. The quantitative estimate of drug-likeness (QED) is 0.789. The summed E-state index contributed by atoms with van der Waals surface area (Å²) in [6.45, 7) is 8.62. The fourth-order valence-corrected chi connectivity index (χ4v) is 5.37. The van der Waals surface area contributed by atoms with E-state index in [1.54, 1.807) is 6.42 Å². The molecule has 0 amide bonds. The first-order valence-corrected chi connectivity index (χ1v) is 8.87. The Hall–Kier alpha value is -0.0400. The van der Waals surface area contributed by atoms with Gasteiger partial charge in [0.2, 0.25) is 0 Å². The number of fused-ring (bicyclic) bond motifs is 2. The van der Waals surface area contributed by atoms with Crippen LogP contribution < -0.4 is 5.32 Å². The first kappa shape index (κ1) is 13.9. The maximum absolute atomic E-state index is 4.01. The average Bonchev–Trinajstić information content (AvgIpc) is 2.98. The molecule has 3 saturated carbocycles. The van der Waals surface area contributed by atoms with Crippen LogP contribution in [0.2, 0.25) is 0 Å². The predicted octanol–water partition coefficient (Wildman–Crippen LogP) is 4.47. The molecule has 0 aliphatic heterocycles. The molecule has 3 fully saturated rings. The van der Waals surface area contributed by atoms with Gasteiger partial charge in [0, 0.05) is 6.04 Å². The smallest absolute Gasteiger partial charge is 0.0100 e. The molecule has 1 N–H and O–H groups in total. The van der Waals surface area contributed by atoms with E-state index in [1.165, 1.54) is 45.1 Å². The molecule has 0 aromatic carbocycles. The van der Waals surface area contributed by atoms with Crippen molar-refractivity contribution in [2.24, 2.45) is 35.5 Å². The first-order chi connectivity index (χ1) is 9.13. The van der Waals surface area contributed by atoms with Crippen molar-refractivity contribution in [2.75, 3.05) is 6.54 Å². The Kier molecular flexibility index (Phi) is 4.22. The second-order valence-corrected chi connectivity index (χ2v) is 8.28. The fraction of sp³-hybridized carbons (Fsp3) is 1.00. The molecular weight excluding hydrogens is 230 g/mol. The Labute approximate surface area is 119 Å². The van der Waals surface area contributed by atoms with Gasteiger partial charge in [0.25, 0.3) is 0 Å². The van der Waals surface area contributed by atoms with E-state index >= 15 is 0 Å². The topological polar surface area (TPSA) is 12.0 Å². The third kappa shape index (κ3) is 3.01. The Morgan fingerprint density at radius 1 is 1.00 bits per heavy atom. The van der Waals surface area contributed by atoms with Gasteiger partial charge in [-0.25, -0.2) is 0 Å². The number of nitrogens with one attached hydrogen (secondary N) is 1. The monoisotopic (exact) mass is 263 g/mol. The molecule has 0 spiro atoms. The molecule has 3 aliphatic rings. The molecule has 2 bridgehead atoms. The standard InChI is InChI=1S/C18H33N/c1-12(2)17-7-4-13(3)8-18(17)19-11-16-10-14-5-6-15(16)9-14/h12-19H,4-11H2,1-3H3. The summed E-state index contributed by atoms with van der Waals surface area (Å²) in [5, 5.41) is 4.01. The van der Waals surface area contributed by atoms with Crippen LogP contribution >= 0.6 is 0 Å². The summed E-state index contributed by atoms with van der Waals surface area (Å²) in [6.07, 6.45) is 10.5. The Morgan fingerprint density at radius 2 is 1.84 bits per heavy atom. The minimum Gasteiger partial charge on any atom is -0.313 e. The molecule has 3 rings (SSSR count). The zero-order valence-electron chi connectivity index (χ0n) is 13.2. The van der Waals surface area contributed by atoms with Crippen molar-refractivity contribution in [1.29, 1.82) is 0 Å². The lowest BCUT2D eigenvalue weighted by Crippen LogP contribution is -2.45. The van der Waals surface area contributed by atoms with Gasteiger partial charge in [-0.2, -0.15) is 0 Å². The van der Waals surface area contributed by atoms with Gasteiger partial charge in [-0.3, -0.25) is 0 Å². The molecule has 19 heavy (non-hydrogen) atoms. The van der Waals surface area contributed by atoms with Crippen LogP contribution in [0.1, 0.15) is 65.7 Å². The SMILES string of the molecule is CC1CCC(C(C)C)C(NCC2CC3CCC2C3)C1. The summed E-state index contributed by atoms with van der Waals surface area (Å²) in [7, 11) is 0. The highest BCUT2D eigenvalue weighted by atomic mass is 14.9. The molecule has 6 unspecified atom stereocenters. The van der Waals surface area contributed by atoms with Crippen LogP contribution in [0, 0.1) is 35.5 Å². The zero-order chi connectivity index (χ0) is 13.4. The van der Waals surface area contributed by atoms with Crippen molar-refractivity contribution in [3.63, 3.8) is 0 Å². The van der Waals surface area contributed by atoms with E-state index in [0.29, 0.717) is 0 Å². The van der Waals surface area contributed by atoms with Crippen molar-refractivity contribution < 1.29 is 0 Å². The lowest BCUT2D eigenvalue weighted by Gasteiger charge is -2.39. The highest BCUT2D eigenvalue weighted by Crippen LogP contribution is 2.48. The van der Waals surface area contributed by atoms with Gasteiger partial charge in [-0.1, -0.05) is 33.6 Å². The van der Waals surface area contributed by atoms with Crippen LogP contribution in [0.5, 0.6) is 0 Å². The summed E-state index contributed by atoms with van der Waals surface area (Å²) >= 11 is 0. The van der Waals surface area contributed by atoms with Gasteiger partial charge in [0.15, 0.2) is 0 Å². The molecular formula is C18H33N. The molecule has 110 valence electrons. The van der Waals surface area contributed by atoms with Gasteiger partial charge in [0.1, 0.15) is 0 Å². The van der Waals surface area contributed by atoms with Gasteiger partial charge in [-0.15, -0.1) is 0 Å². The second kappa shape index (κ2) is 5.76. The minimum absolute atomic E-state index is 0.808. The van der Waals surface area contributed by atoms with Crippen molar-refractivity contribution in [2.45, 2.75) is 71.8 Å². The molecule has 0 aromatic rings. The maximum atomic E-state index is 4.01. The lowest BCUT2D eigenvalue weighted by atomic mass is 9.74. The van der Waals surface area contributed by atoms with Gasteiger partial charge < -0.3 is 5.32 Å². The summed E-state index contributed by atoms with van der Waals surface area (Å²) in [6, 6.07) is 0.808. The van der Waals surface area contributed by atoms with Crippen LogP contribution in [-0.2, 0) is 0 Å². The zero-order valence-corrected chi connectivity index (χ0v) is 13.2. The Bertz CT molecular complexity index is 298. The van der Waals surface area contributed by atoms with E-state index in [4.69, 9.17) is 0 Å². The number of rotatable bonds is 4. The third-order valence-corrected chi connectivity index (χ3v) is 6.55. The van der Waals surface area contributed by atoms with Gasteiger partial charge in [0.05, 0.1) is 0 Å².